The molecule has 1 N–H and O–H groups in total. The lowest BCUT2D eigenvalue weighted by Crippen LogP contribution is -2.38. The summed E-state index contributed by atoms with van der Waals surface area (Å²) in [6.07, 6.45) is 1.83. The SMILES string of the molecule is CCCCn1c(=O)n(C)c(=O)c2n[nH]nc21. The average molecular weight is 223 g/mol. The number of H-pyrrole nitrogens is 1. The van der Waals surface area contributed by atoms with E-state index in [2.05, 4.69) is 15.4 Å². The summed E-state index contributed by atoms with van der Waals surface area (Å²) < 4.78 is 2.53. The number of aromatic amines is 1. The summed E-state index contributed by atoms with van der Waals surface area (Å²) in [4.78, 5) is 23.5. The Morgan fingerprint density at radius 1 is 1.31 bits per heavy atom. The summed E-state index contributed by atoms with van der Waals surface area (Å²) >= 11 is 0. The second-order valence-electron chi connectivity index (χ2n) is 3.65. The van der Waals surface area contributed by atoms with Crippen molar-refractivity contribution in [3.05, 3.63) is 20.8 Å². The third-order valence-electron chi connectivity index (χ3n) is 2.55. The van der Waals surface area contributed by atoms with Crippen LogP contribution in [0.2, 0.25) is 0 Å². The van der Waals surface area contributed by atoms with Crippen molar-refractivity contribution in [1.29, 1.82) is 0 Å². The maximum atomic E-state index is 11.9. The van der Waals surface area contributed by atoms with Gasteiger partial charge in [0.15, 0.2) is 11.2 Å². The van der Waals surface area contributed by atoms with E-state index < -0.39 is 5.56 Å². The van der Waals surface area contributed by atoms with Gasteiger partial charge in [-0.25, -0.2) is 4.79 Å². The highest BCUT2D eigenvalue weighted by molar-refractivity contribution is 5.67. The number of aromatic nitrogens is 5. The molecule has 0 saturated heterocycles. The van der Waals surface area contributed by atoms with Crippen LogP contribution in [0.5, 0.6) is 0 Å². The molecule has 7 heteroatoms. The Balaban J connectivity index is 2.76. The van der Waals surface area contributed by atoms with Gasteiger partial charge in [-0.3, -0.25) is 13.9 Å². The Hall–Kier alpha value is -1.92. The fourth-order valence-corrected chi connectivity index (χ4v) is 1.59. The first-order valence-corrected chi connectivity index (χ1v) is 5.17. The van der Waals surface area contributed by atoms with Gasteiger partial charge in [0.1, 0.15) is 0 Å². The molecule has 0 unspecified atom stereocenters. The lowest BCUT2D eigenvalue weighted by atomic mass is 10.3. The van der Waals surface area contributed by atoms with Gasteiger partial charge in [-0.05, 0) is 6.42 Å². The molecule has 2 aromatic heterocycles. The van der Waals surface area contributed by atoms with Crippen LogP contribution >= 0.6 is 0 Å². The summed E-state index contributed by atoms with van der Waals surface area (Å²) in [7, 11) is 1.45. The van der Waals surface area contributed by atoms with Gasteiger partial charge in [-0.1, -0.05) is 13.3 Å². The quantitative estimate of drug-likeness (QED) is 0.768. The maximum Gasteiger partial charge on any atom is 0.332 e. The zero-order chi connectivity index (χ0) is 11.7. The van der Waals surface area contributed by atoms with Gasteiger partial charge in [-0.2, -0.15) is 5.21 Å². The molecule has 7 nitrogen and oxygen atoms in total. The van der Waals surface area contributed by atoms with Crippen molar-refractivity contribution in [3.63, 3.8) is 0 Å². The fraction of sp³-hybridized carbons (Fsp3) is 0.556. The highest BCUT2D eigenvalue weighted by Crippen LogP contribution is 2.01. The van der Waals surface area contributed by atoms with Crippen LogP contribution in [0.25, 0.3) is 11.2 Å². The summed E-state index contributed by atoms with van der Waals surface area (Å²) in [5, 5.41) is 9.98. The van der Waals surface area contributed by atoms with E-state index in [0.29, 0.717) is 12.2 Å². The lowest BCUT2D eigenvalue weighted by Gasteiger charge is -2.06. The van der Waals surface area contributed by atoms with Crippen LogP contribution in [0.1, 0.15) is 19.8 Å². The molecule has 0 aromatic carbocycles. The number of fused-ring (bicyclic) bond motifs is 1. The fourth-order valence-electron chi connectivity index (χ4n) is 1.59. The number of aryl methyl sites for hydroxylation is 1. The van der Waals surface area contributed by atoms with Crippen LogP contribution in [0.15, 0.2) is 9.59 Å². The van der Waals surface area contributed by atoms with E-state index in [9.17, 15) is 9.59 Å². The number of hydrogen-bond acceptors (Lipinski definition) is 4. The summed E-state index contributed by atoms with van der Waals surface area (Å²) in [6, 6.07) is 0. The predicted octanol–water partition coefficient (Wildman–Crippen LogP) is -0.382. The van der Waals surface area contributed by atoms with Crippen LogP contribution in [0.3, 0.4) is 0 Å². The molecule has 86 valence electrons. The minimum atomic E-state index is -0.415. The van der Waals surface area contributed by atoms with E-state index in [4.69, 9.17) is 0 Å². The first-order valence-electron chi connectivity index (χ1n) is 5.17. The van der Waals surface area contributed by atoms with Crippen LogP contribution in [0.4, 0.5) is 0 Å². The number of hydrogen-bond donors (Lipinski definition) is 1. The number of rotatable bonds is 3. The van der Waals surface area contributed by atoms with Crippen molar-refractivity contribution < 1.29 is 0 Å². The predicted molar refractivity (Wildman–Crippen MR) is 58.3 cm³/mol. The van der Waals surface area contributed by atoms with Gasteiger partial charge in [-0.15, -0.1) is 10.2 Å². The molecule has 0 atom stereocenters. The standard InChI is InChI=1S/C9H13N5O2/c1-3-4-5-14-7-6(10-12-11-7)8(15)13(2)9(14)16/h3-5H2,1-2H3,(H,10,11,12). The first-order chi connectivity index (χ1) is 7.66. The number of nitrogens with zero attached hydrogens (tertiary/aromatic N) is 4. The van der Waals surface area contributed by atoms with Gasteiger partial charge < -0.3 is 0 Å². The summed E-state index contributed by atoms with van der Waals surface area (Å²) in [6.45, 7) is 2.58. The maximum absolute atomic E-state index is 11.9. The molecule has 0 saturated carbocycles. The number of nitrogens with one attached hydrogen (secondary N) is 1. The highest BCUT2D eigenvalue weighted by atomic mass is 16.2. The van der Waals surface area contributed by atoms with Gasteiger partial charge in [0.2, 0.25) is 0 Å². The molecule has 0 aliphatic carbocycles. The van der Waals surface area contributed by atoms with Gasteiger partial charge in [0, 0.05) is 13.6 Å². The topological polar surface area (TPSA) is 85.6 Å². The van der Waals surface area contributed by atoms with E-state index in [1.54, 1.807) is 0 Å². The van der Waals surface area contributed by atoms with E-state index in [0.717, 1.165) is 17.4 Å². The van der Waals surface area contributed by atoms with Crippen molar-refractivity contribution in [3.8, 4) is 0 Å². The molecule has 0 aliphatic heterocycles. The molecular weight excluding hydrogens is 210 g/mol. The Kier molecular flexibility index (Phi) is 2.59. The average Bonchev–Trinajstić information content (AvgIpc) is 2.75. The van der Waals surface area contributed by atoms with Crippen LogP contribution in [0, 0.1) is 0 Å². The highest BCUT2D eigenvalue weighted by Gasteiger charge is 2.13. The Labute approximate surface area is 90.7 Å². The largest absolute Gasteiger partial charge is 0.332 e. The zero-order valence-electron chi connectivity index (χ0n) is 9.23. The monoisotopic (exact) mass is 223 g/mol. The van der Waals surface area contributed by atoms with Crippen LogP contribution < -0.4 is 11.2 Å². The Morgan fingerprint density at radius 3 is 2.75 bits per heavy atom. The van der Waals surface area contributed by atoms with Crippen LogP contribution in [-0.4, -0.2) is 24.5 Å². The molecule has 16 heavy (non-hydrogen) atoms. The van der Waals surface area contributed by atoms with Crippen LogP contribution in [-0.2, 0) is 13.6 Å². The molecule has 0 aliphatic rings. The number of unbranched alkanes of at least 4 members (excludes halogenated alkanes) is 1. The molecule has 0 amide bonds. The van der Waals surface area contributed by atoms with E-state index in [-0.39, 0.29) is 11.2 Å². The molecule has 2 aromatic rings. The van der Waals surface area contributed by atoms with E-state index in [1.165, 1.54) is 11.6 Å². The van der Waals surface area contributed by atoms with Gasteiger partial charge >= 0.3 is 5.69 Å². The van der Waals surface area contributed by atoms with Gasteiger partial charge in [0.05, 0.1) is 0 Å². The molecule has 0 bridgehead atoms. The van der Waals surface area contributed by atoms with Gasteiger partial charge in [0.25, 0.3) is 5.56 Å². The zero-order valence-corrected chi connectivity index (χ0v) is 9.23. The second kappa shape index (κ2) is 3.92. The van der Waals surface area contributed by atoms with E-state index in [1.807, 2.05) is 6.92 Å². The summed E-state index contributed by atoms with van der Waals surface area (Å²) in [5.41, 5.74) is -0.221. The third-order valence-corrected chi connectivity index (χ3v) is 2.55. The Morgan fingerprint density at radius 2 is 2.06 bits per heavy atom. The second-order valence-corrected chi connectivity index (χ2v) is 3.65. The summed E-state index contributed by atoms with van der Waals surface area (Å²) in [5.74, 6) is 0. The molecule has 0 spiro atoms. The molecular formula is C9H13N5O2. The molecule has 0 fully saturated rings. The van der Waals surface area contributed by atoms with Crippen molar-refractivity contribution in [2.45, 2.75) is 26.3 Å². The normalized spacial score (nSPS) is 11.1. The van der Waals surface area contributed by atoms with Crippen molar-refractivity contribution >= 4 is 11.2 Å². The molecule has 0 radical (unpaired) electrons. The third kappa shape index (κ3) is 1.44. The first kappa shape index (κ1) is 10.6. The smallest absolute Gasteiger partial charge is 0.274 e. The Bertz CT molecular complexity index is 621. The van der Waals surface area contributed by atoms with E-state index >= 15 is 0 Å². The molecule has 2 heterocycles. The lowest BCUT2D eigenvalue weighted by molar-refractivity contribution is 0.583. The van der Waals surface area contributed by atoms with Crippen molar-refractivity contribution in [1.82, 2.24) is 24.5 Å². The minimum Gasteiger partial charge on any atom is -0.274 e. The van der Waals surface area contributed by atoms with Crippen molar-refractivity contribution in [2.24, 2.45) is 7.05 Å². The van der Waals surface area contributed by atoms with Crippen molar-refractivity contribution in [2.75, 3.05) is 0 Å². The molecule has 2 rings (SSSR count). The minimum absolute atomic E-state index is 0.207.